The molecule has 1 aromatic heterocycles. The first-order chi connectivity index (χ1) is 10.6. The first kappa shape index (κ1) is 14.6. The zero-order chi connectivity index (χ0) is 15.5. The summed E-state index contributed by atoms with van der Waals surface area (Å²) in [4.78, 5) is 12.4. The van der Waals surface area contributed by atoms with E-state index in [1.807, 2.05) is 37.3 Å². The molecular formula is C18H21N3O. The van der Waals surface area contributed by atoms with Crippen LogP contribution in [-0.4, -0.2) is 15.7 Å². The SMILES string of the molecule is Cc1ccc(-n2nc(C)cc2NC(=O)[C@H]2CC=CCC2)cc1. The molecule has 1 N–H and O–H groups in total. The highest BCUT2D eigenvalue weighted by atomic mass is 16.2. The Balaban J connectivity index is 1.83. The van der Waals surface area contributed by atoms with Gasteiger partial charge in [0.05, 0.1) is 11.4 Å². The van der Waals surface area contributed by atoms with Gasteiger partial charge in [0.15, 0.2) is 0 Å². The Kier molecular flexibility index (Phi) is 4.09. The molecule has 0 bridgehead atoms. The van der Waals surface area contributed by atoms with Crippen molar-refractivity contribution < 1.29 is 4.79 Å². The van der Waals surface area contributed by atoms with Crippen LogP contribution in [0.3, 0.4) is 0 Å². The minimum absolute atomic E-state index is 0.0617. The maximum atomic E-state index is 12.4. The molecule has 1 aliphatic rings. The monoisotopic (exact) mass is 295 g/mol. The number of benzene rings is 1. The van der Waals surface area contributed by atoms with Gasteiger partial charge in [0.1, 0.15) is 5.82 Å². The number of aromatic nitrogens is 2. The Labute approximate surface area is 130 Å². The summed E-state index contributed by atoms with van der Waals surface area (Å²) < 4.78 is 1.80. The Morgan fingerprint density at radius 3 is 2.68 bits per heavy atom. The molecular weight excluding hydrogens is 274 g/mol. The fourth-order valence-electron chi connectivity index (χ4n) is 2.73. The molecule has 0 spiro atoms. The van der Waals surface area contributed by atoms with Crippen molar-refractivity contribution in [3.05, 3.63) is 53.7 Å². The third-order valence-corrected chi connectivity index (χ3v) is 4.00. The minimum Gasteiger partial charge on any atom is -0.310 e. The predicted octanol–water partition coefficient (Wildman–Crippen LogP) is 3.78. The number of allylic oxidation sites excluding steroid dienone is 2. The lowest BCUT2D eigenvalue weighted by Crippen LogP contribution is -2.24. The molecule has 4 heteroatoms. The summed E-state index contributed by atoms with van der Waals surface area (Å²) in [5, 5.41) is 7.54. The van der Waals surface area contributed by atoms with Crippen LogP contribution in [-0.2, 0) is 4.79 Å². The Morgan fingerprint density at radius 1 is 1.23 bits per heavy atom. The lowest BCUT2D eigenvalue weighted by Gasteiger charge is -2.17. The fraction of sp³-hybridized carbons (Fsp3) is 0.333. The van der Waals surface area contributed by atoms with Gasteiger partial charge in [-0.3, -0.25) is 4.79 Å². The van der Waals surface area contributed by atoms with Gasteiger partial charge in [-0.05, 0) is 45.2 Å². The molecule has 1 aromatic carbocycles. The number of amides is 1. The topological polar surface area (TPSA) is 46.9 Å². The van der Waals surface area contributed by atoms with E-state index in [9.17, 15) is 4.79 Å². The molecule has 1 aliphatic carbocycles. The summed E-state index contributed by atoms with van der Waals surface area (Å²) in [6, 6.07) is 10.0. The predicted molar refractivity (Wildman–Crippen MR) is 88.1 cm³/mol. The van der Waals surface area contributed by atoms with Crippen molar-refractivity contribution in [2.45, 2.75) is 33.1 Å². The third kappa shape index (κ3) is 3.11. The van der Waals surface area contributed by atoms with Gasteiger partial charge in [-0.2, -0.15) is 5.10 Å². The van der Waals surface area contributed by atoms with Crippen molar-refractivity contribution in [1.29, 1.82) is 0 Å². The first-order valence-corrected chi connectivity index (χ1v) is 7.73. The van der Waals surface area contributed by atoms with Crippen LogP contribution >= 0.6 is 0 Å². The van der Waals surface area contributed by atoms with Gasteiger partial charge < -0.3 is 5.32 Å². The van der Waals surface area contributed by atoms with Crippen LogP contribution in [0.4, 0.5) is 5.82 Å². The fourth-order valence-corrected chi connectivity index (χ4v) is 2.73. The number of aryl methyl sites for hydroxylation is 2. The molecule has 0 fully saturated rings. The third-order valence-electron chi connectivity index (χ3n) is 4.00. The summed E-state index contributed by atoms with van der Waals surface area (Å²) in [5.41, 5.74) is 3.05. The minimum atomic E-state index is 0.0617. The van der Waals surface area contributed by atoms with Crippen LogP contribution in [0.2, 0.25) is 0 Å². The van der Waals surface area contributed by atoms with E-state index >= 15 is 0 Å². The summed E-state index contributed by atoms with van der Waals surface area (Å²) >= 11 is 0. The second-order valence-corrected chi connectivity index (χ2v) is 5.89. The standard InChI is InChI=1S/C18H21N3O/c1-13-8-10-16(11-9-13)21-17(12-14(2)20-21)19-18(22)15-6-4-3-5-7-15/h3-4,8-12,15H,5-7H2,1-2H3,(H,19,22)/t15-/m0/s1. The van der Waals surface area contributed by atoms with Crippen molar-refractivity contribution in [2.24, 2.45) is 5.92 Å². The molecule has 3 rings (SSSR count). The highest BCUT2D eigenvalue weighted by molar-refractivity contribution is 5.92. The number of rotatable bonds is 3. The molecule has 2 aromatic rings. The average molecular weight is 295 g/mol. The number of hydrogen-bond acceptors (Lipinski definition) is 2. The summed E-state index contributed by atoms with van der Waals surface area (Å²) in [6.07, 6.45) is 6.96. The summed E-state index contributed by atoms with van der Waals surface area (Å²) in [7, 11) is 0. The summed E-state index contributed by atoms with van der Waals surface area (Å²) in [6.45, 7) is 3.99. The van der Waals surface area contributed by atoms with Crippen LogP contribution in [0.25, 0.3) is 5.69 Å². The van der Waals surface area contributed by atoms with Crippen LogP contribution < -0.4 is 5.32 Å². The largest absolute Gasteiger partial charge is 0.310 e. The lowest BCUT2D eigenvalue weighted by atomic mass is 9.94. The Bertz CT molecular complexity index is 698. The molecule has 1 atom stereocenters. The molecule has 0 radical (unpaired) electrons. The van der Waals surface area contributed by atoms with E-state index in [1.165, 1.54) is 5.56 Å². The Hall–Kier alpha value is -2.36. The van der Waals surface area contributed by atoms with Gasteiger partial charge in [-0.1, -0.05) is 29.8 Å². The van der Waals surface area contributed by atoms with E-state index in [1.54, 1.807) is 4.68 Å². The average Bonchev–Trinajstić information content (AvgIpc) is 2.89. The molecule has 0 unspecified atom stereocenters. The van der Waals surface area contributed by atoms with E-state index in [0.29, 0.717) is 0 Å². The van der Waals surface area contributed by atoms with Crippen molar-refractivity contribution in [2.75, 3.05) is 5.32 Å². The van der Waals surface area contributed by atoms with Crippen molar-refractivity contribution >= 4 is 11.7 Å². The number of nitrogens with one attached hydrogen (secondary N) is 1. The van der Waals surface area contributed by atoms with Crippen LogP contribution in [0, 0.1) is 19.8 Å². The maximum absolute atomic E-state index is 12.4. The zero-order valence-electron chi connectivity index (χ0n) is 13.0. The van der Waals surface area contributed by atoms with Gasteiger partial charge in [0.2, 0.25) is 5.91 Å². The number of nitrogens with zero attached hydrogens (tertiary/aromatic N) is 2. The molecule has 22 heavy (non-hydrogen) atoms. The summed E-state index contributed by atoms with van der Waals surface area (Å²) in [5.74, 6) is 0.880. The Morgan fingerprint density at radius 2 is 2.00 bits per heavy atom. The van der Waals surface area contributed by atoms with E-state index in [2.05, 4.69) is 29.5 Å². The van der Waals surface area contributed by atoms with Gasteiger partial charge in [0.25, 0.3) is 0 Å². The van der Waals surface area contributed by atoms with E-state index in [0.717, 1.165) is 36.5 Å². The highest BCUT2D eigenvalue weighted by Gasteiger charge is 2.20. The van der Waals surface area contributed by atoms with Gasteiger partial charge in [-0.15, -0.1) is 0 Å². The lowest BCUT2D eigenvalue weighted by molar-refractivity contribution is -0.120. The molecule has 0 aliphatic heterocycles. The van der Waals surface area contributed by atoms with E-state index in [-0.39, 0.29) is 11.8 Å². The normalized spacial score (nSPS) is 17.5. The smallest absolute Gasteiger partial charge is 0.228 e. The molecule has 0 saturated carbocycles. The quantitative estimate of drug-likeness (QED) is 0.876. The molecule has 114 valence electrons. The van der Waals surface area contributed by atoms with Crippen LogP contribution in [0.15, 0.2) is 42.5 Å². The molecule has 0 saturated heterocycles. The molecule has 1 amide bonds. The van der Waals surface area contributed by atoms with Gasteiger partial charge >= 0.3 is 0 Å². The van der Waals surface area contributed by atoms with E-state index < -0.39 is 0 Å². The number of carbonyl (C=O) groups is 1. The van der Waals surface area contributed by atoms with Gasteiger partial charge in [-0.25, -0.2) is 4.68 Å². The van der Waals surface area contributed by atoms with Gasteiger partial charge in [0, 0.05) is 12.0 Å². The van der Waals surface area contributed by atoms with E-state index in [4.69, 9.17) is 0 Å². The van der Waals surface area contributed by atoms with Crippen molar-refractivity contribution in [3.63, 3.8) is 0 Å². The number of carbonyl (C=O) groups excluding carboxylic acids is 1. The van der Waals surface area contributed by atoms with Crippen LogP contribution in [0.5, 0.6) is 0 Å². The van der Waals surface area contributed by atoms with Crippen molar-refractivity contribution in [1.82, 2.24) is 9.78 Å². The van der Waals surface area contributed by atoms with Crippen molar-refractivity contribution in [3.8, 4) is 5.69 Å². The van der Waals surface area contributed by atoms with Crippen LogP contribution in [0.1, 0.15) is 30.5 Å². The number of hydrogen-bond donors (Lipinski definition) is 1. The zero-order valence-corrected chi connectivity index (χ0v) is 13.0. The second-order valence-electron chi connectivity index (χ2n) is 5.89. The second kappa shape index (κ2) is 6.18. The first-order valence-electron chi connectivity index (χ1n) is 7.73. The molecule has 1 heterocycles. The maximum Gasteiger partial charge on any atom is 0.228 e. The number of anilines is 1. The highest BCUT2D eigenvalue weighted by Crippen LogP contribution is 2.22. The molecule has 4 nitrogen and oxygen atoms in total.